The second-order valence-electron chi connectivity index (χ2n) is 5.87. The molecule has 1 aromatic carbocycles. The van der Waals surface area contributed by atoms with Gasteiger partial charge in [-0.3, -0.25) is 4.79 Å². The third-order valence-corrected chi connectivity index (χ3v) is 4.56. The summed E-state index contributed by atoms with van der Waals surface area (Å²) in [5.74, 6) is 1.52. The fraction of sp³-hybridized carbons (Fsp3) is 0.500. The zero-order valence-corrected chi connectivity index (χ0v) is 13.1. The Kier molecular flexibility index (Phi) is 5.05. The molecule has 0 aromatic heterocycles. The van der Waals surface area contributed by atoms with E-state index in [1.54, 1.807) is 7.11 Å². The van der Waals surface area contributed by atoms with Gasteiger partial charge in [-0.2, -0.15) is 0 Å². The van der Waals surface area contributed by atoms with Crippen molar-refractivity contribution in [2.45, 2.75) is 32.1 Å². The van der Waals surface area contributed by atoms with Gasteiger partial charge in [0, 0.05) is 0 Å². The van der Waals surface area contributed by atoms with E-state index in [1.807, 2.05) is 12.1 Å². The molecule has 1 saturated carbocycles. The molecule has 114 valence electrons. The second kappa shape index (κ2) is 6.79. The molecule has 0 N–H and O–H groups in total. The van der Waals surface area contributed by atoms with Crippen LogP contribution in [0.25, 0.3) is 0 Å². The van der Waals surface area contributed by atoms with Gasteiger partial charge < -0.3 is 9.47 Å². The molecular formula is C18H24O3. The summed E-state index contributed by atoms with van der Waals surface area (Å²) in [6.07, 6.45) is 2.71. The van der Waals surface area contributed by atoms with E-state index >= 15 is 0 Å². The van der Waals surface area contributed by atoms with Crippen LogP contribution in [0.2, 0.25) is 0 Å². The molecule has 1 aliphatic rings. The minimum atomic E-state index is -0.0892. The van der Waals surface area contributed by atoms with Gasteiger partial charge in [0.1, 0.15) is 5.75 Å². The van der Waals surface area contributed by atoms with Gasteiger partial charge in [-0.05, 0) is 55.7 Å². The van der Waals surface area contributed by atoms with E-state index in [9.17, 15) is 4.79 Å². The van der Waals surface area contributed by atoms with Crippen LogP contribution in [-0.2, 0) is 9.53 Å². The van der Waals surface area contributed by atoms with Crippen molar-refractivity contribution in [2.24, 2.45) is 11.8 Å². The largest absolute Gasteiger partial charge is 0.497 e. The lowest BCUT2D eigenvalue weighted by molar-refractivity contribution is -0.147. The fourth-order valence-corrected chi connectivity index (χ4v) is 3.36. The molecular weight excluding hydrogens is 264 g/mol. The first-order valence-electron chi connectivity index (χ1n) is 7.44. The first kappa shape index (κ1) is 15.6. The third-order valence-electron chi connectivity index (χ3n) is 4.56. The number of hydrogen-bond acceptors (Lipinski definition) is 3. The smallest absolute Gasteiger partial charge is 0.308 e. The zero-order chi connectivity index (χ0) is 15.4. The van der Waals surface area contributed by atoms with Gasteiger partial charge in [0.25, 0.3) is 0 Å². The van der Waals surface area contributed by atoms with Crippen LogP contribution in [0, 0.1) is 11.8 Å². The standard InChI is InChI=1S/C18H24O3/c1-12(2)16-10-7-14(18(19)21-4)11-17(16)13-5-8-15(20-3)9-6-13/h5-6,8-9,14,16-17H,1,7,10-11H2,2-4H3/t14-,16+,17+/m1/s1. The number of carbonyl (C=O) groups is 1. The first-order valence-corrected chi connectivity index (χ1v) is 7.44. The average molecular weight is 288 g/mol. The molecule has 0 heterocycles. The minimum Gasteiger partial charge on any atom is -0.497 e. The summed E-state index contributed by atoms with van der Waals surface area (Å²) < 4.78 is 10.1. The summed E-state index contributed by atoms with van der Waals surface area (Å²) in [4.78, 5) is 11.9. The highest BCUT2D eigenvalue weighted by Crippen LogP contribution is 2.44. The Morgan fingerprint density at radius 3 is 2.38 bits per heavy atom. The Hall–Kier alpha value is -1.77. The van der Waals surface area contributed by atoms with Crippen LogP contribution in [0.1, 0.15) is 37.7 Å². The predicted octanol–water partition coefficient (Wildman–Crippen LogP) is 3.94. The SMILES string of the molecule is C=C(C)[C@@H]1CC[C@@H](C(=O)OC)C[C@H]1c1ccc(OC)cc1. The molecule has 0 saturated heterocycles. The number of ether oxygens (including phenoxy) is 2. The first-order chi connectivity index (χ1) is 10.1. The van der Waals surface area contributed by atoms with Gasteiger partial charge in [-0.15, -0.1) is 0 Å². The van der Waals surface area contributed by atoms with E-state index in [-0.39, 0.29) is 11.9 Å². The van der Waals surface area contributed by atoms with Crippen LogP contribution < -0.4 is 4.74 Å². The normalized spacial score (nSPS) is 25.2. The van der Waals surface area contributed by atoms with Gasteiger partial charge in [0.05, 0.1) is 20.1 Å². The molecule has 3 nitrogen and oxygen atoms in total. The summed E-state index contributed by atoms with van der Waals surface area (Å²) >= 11 is 0. The molecule has 3 heteroatoms. The van der Waals surface area contributed by atoms with Crippen LogP contribution in [0.5, 0.6) is 5.75 Å². The van der Waals surface area contributed by atoms with Crippen LogP contribution in [0.4, 0.5) is 0 Å². The van der Waals surface area contributed by atoms with Crippen molar-refractivity contribution in [3.05, 3.63) is 42.0 Å². The van der Waals surface area contributed by atoms with Crippen LogP contribution in [0.3, 0.4) is 0 Å². The average Bonchev–Trinajstić information content (AvgIpc) is 2.53. The molecule has 2 rings (SSSR count). The highest BCUT2D eigenvalue weighted by atomic mass is 16.5. The van der Waals surface area contributed by atoms with Gasteiger partial charge in [0.2, 0.25) is 0 Å². The second-order valence-corrected chi connectivity index (χ2v) is 5.87. The molecule has 0 aliphatic heterocycles. The van der Waals surface area contributed by atoms with E-state index in [2.05, 4.69) is 25.6 Å². The Bertz CT molecular complexity index is 504. The Morgan fingerprint density at radius 1 is 1.19 bits per heavy atom. The Morgan fingerprint density at radius 2 is 1.86 bits per heavy atom. The lowest BCUT2D eigenvalue weighted by atomic mass is 9.69. The highest BCUT2D eigenvalue weighted by Gasteiger charge is 2.35. The number of benzene rings is 1. The number of esters is 1. The summed E-state index contributed by atoms with van der Waals surface area (Å²) in [5.41, 5.74) is 2.44. The summed E-state index contributed by atoms with van der Waals surface area (Å²) in [7, 11) is 3.13. The van der Waals surface area contributed by atoms with Crippen LogP contribution in [-0.4, -0.2) is 20.2 Å². The molecule has 0 bridgehead atoms. The number of hydrogen-bond donors (Lipinski definition) is 0. The van der Waals surface area contributed by atoms with E-state index < -0.39 is 0 Å². The maximum absolute atomic E-state index is 11.9. The number of allylic oxidation sites excluding steroid dienone is 1. The van der Waals surface area contributed by atoms with Gasteiger partial charge in [-0.25, -0.2) is 0 Å². The molecule has 0 spiro atoms. The van der Waals surface area contributed by atoms with Crippen LogP contribution in [0.15, 0.2) is 36.4 Å². The van der Waals surface area contributed by atoms with Crippen molar-refractivity contribution in [1.82, 2.24) is 0 Å². The molecule has 1 aliphatic carbocycles. The molecule has 1 aromatic rings. The summed E-state index contributed by atoms with van der Waals surface area (Å²) in [5, 5.41) is 0. The van der Waals surface area contributed by atoms with Crippen molar-refractivity contribution in [3.63, 3.8) is 0 Å². The summed E-state index contributed by atoms with van der Waals surface area (Å²) in [6, 6.07) is 8.15. The van der Waals surface area contributed by atoms with E-state index in [0.717, 1.165) is 25.0 Å². The third kappa shape index (κ3) is 3.46. The predicted molar refractivity (Wildman–Crippen MR) is 83.4 cm³/mol. The van der Waals surface area contributed by atoms with Crippen molar-refractivity contribution < 1.29 is 14.3 Å². The molecule has 21 heavy (non-hydrogen) atoms. The van der Waals surface area contributed by atoms with E-state index in [0.29, 0.717) is 11.8 Å². The van der Waals surface area contributed by atoms with Crippen LogP contribution >= 0.6 is 0 Å². The summed E-state index contributed by atoms with van der Waals surface area (Å²) in [6.45, 7) is 6.22. The fourth-order valence-electron chi connectivity index (χ4n) is 3.36. The Balaban J connectivity index is 2.24. The molecule has 0 unspecified atom stereocenters. The quantitative estimate of drug-likeness (QED) is 0.622. The van der Waals surface area contributed by atoms with Crippen molar-refractivity contribution >= 4 is 5.97 Å². The van der Waals surface area contributed by atoms with E-state index in [1.165, 1.54) is 18.2 Å². The van der Waals surface area contributed by atoms with Gasteiger partial charge >= 0.3 is 5.97 Å². The molecule has 0 amide bonds. The highest BCUT2D eigenvalue weighted by molar-refractivity contribution is 5.72. The van der Waals surface area contributed by atoms with E-state index in [4.69, 9.17) is 9.47 Å². The zero-order valence-electron chi connectivity index (χ0n) is 13.1. The maximum Gasteiger partial charge on any atom is 0.308 e. The molecule has 1 fully saturated rings. The van der Waals surface area contributed by atoms with Gasteiger partial charge in [0.15, 0.2) is 0 Å². The number of carbonyl (C=O) groups excluding carboxylic acids is 1. The molecule has 0 radical (unpaired) electrons. The lowest BCUT2D eigenvalue weighted by Gasteiger charge is -2.36. The monoisotopic (exact) mass is 288 g/mol. The van der Waals surface area contributed by atoms with Gasteiger partial charge in [-0.1, -0.05) is 24.3 Å². The number of methoxy groups -OCH3 is 2. The van der Waals surface area contributed by atoms with Crippen molar-refractivity contribution in [3.8, 4) is 5.75 Å². The van der Waals surface area contributed by atoms with Crippen molar-refractivity contribution in [1.29, 1.82) is 0 Å². The topological polar surface area (TPSA) is 35.5 Å². The number of rotatable bonds is 4. The van der Waals surface area contributed by atoms with Crippen molar-refractivity contribution in [2.75, 3.05) is 14.2 Å². The minimum absolute atomic E-state index is 0.00213. The lowest BCUT2D eigenvalue weighted by Crippen LogP contribution is -2.29. The Labute approximate surface area is 127 Å². The maximum atomic E-state index is 11.9. The molecule has 3 atom stereocenters.